The van der Waals surface area contributed by atoms with Gasteiger partial charge in [0.05, 0.1) is 17.3 Å². The summed E-state index contributed by atoms with van der Waals surface area (Å²) in [5, 5.41) is 11.4. The van der Waals surface area contributed by atoms with E-state index < -0.39 is 9.84 Å². The van der Waals surface area contributed by atoms with Gasteiger partial charge in [-0.05, 0) is 19.3 Å². The number of sulfone groups is 1. The normalized spacial score (nSPS) is 22.5. The molecule has 1 atom stereocenters. The van der Waals surface area contributed by atoms with Crippen LogP contribution in [0.1, 0.15) is 19.3 Å². The highest BCUT2D eigenvalue weighted by Crippen LogP contribution is 2.23. The quantitative estimate of drug-likeness (QED) is 0.631. The average Bonchev–Trinajstić information content (AvgIpc) is 2.62. The minimum absolute atomic E-state index is 0.0581. The van der Waals surface area contributed by atoms with E-state index in [1.54, 1.807) is 0 Å². The van der Waals surface area contributed by atoms with Gasteiger partial charge in [-0.15, -0.1) is 11.8 Å². The number of carbonyl (C=O) groups excluding carboxylic acids is 1. The van der Waals surface area contributed by atoms with Crippen LogP contribution < -0.4 is 5.32 Å². The zero-order chi connectivity index (χ0) is 12.7. The van der Waals surface area contributed by atoms with Crippen LogP contribution in [-0.2, 0) is 14.6 Å². The van der Waals surface area contributed by atoms with Crippen molar-refractivity contribution in [1.29, 1.82) is 0 Å². The Morgan fingerprint density at radius 3 is 2.76 bits per heavy atom. The summed E-state index contributed by atoms with van der Waals surface area (Å²) in [4.78, 5) is 11.4. The molecular weight excluding hydrogens is 262 g/mol. The predicted octanol–water partition coefficient (Wildman–Crippen LogP) is -0.205. The lowest BCUT2D eigenvalue weighted by Crippen LogP contribution is -2.27. The maximum atomic E-state index is 11.4. The van der Waals surface area contributed by atoms with Gasteiger partial charge in [0.1, 0.15) is 0 Å². The van der Waals surface area contributed by atoms with Crippen LogP contribution in [0.5, 0.6) is 0 Å². The van der Waals surface area contributed by atoms with Gasteiger partial charge in [-0.2, -0.15) is 0 Å². The molecule has 1 aliphatic rings. The number of amides is 1. The van der Waals surface area contributed by atoms with Crippen molar-refractivity contribution >= 4 is 27.5 Å². The second-order valence-corrected chi connectivity index (χ2v) is 7.63. The van der Waals surface area contributed by atoms with Gasteiger partial charge in [-0.1, -0.05) is 0 Å². The molecule has 1 unspecified atom stereocenters. The predicted molar refractivity (Wildman–Crippen MR) is 68.8 cm³/mol. The summed E-state index contributed by atoms with van der Waals surface area (Å²) in [6.45, 7) is 0.716. The molecule has 0 saturated carbocycles. The first kappa shape index (κ1) is 14.8. The summed E-state index contributed by atoms with van der Waals surface area (Å²) in [6.07, 6.45) is 2.11. The van der Waals surface area contributed by atoms with Crippen molar-refractivity contribution in [2.24, 2.45) is 0 Å². The van der Waals surface area contributed by atoms with Crippen LogP contribution >= 0.6 is 11.8 Å². The third-order valence-corrected chi connectivity index (χ3v) is 5.83. The lowest BCUT2D eigenvalue weighted by molar-refractivity contribution is -0.118. The van der Waals surface area contributed by atoms with E-state index in [9.17, 15) is 13.2 Å². The van der Waals surface area contributed by atoms with Crippen molar-refractivity contribution in [2.45, 2.75) is 24.5 Å². The maximum Gasteiger partial charge on any atom is 0.230 e. The number of nitrogens with one attached hydrogen (secondary N) is 1. The van der Waals surface area contributed by atoms with Gasteiger partial charge in [-0.25, -0.2) is 8.42 Å². The summed E-state index contributed by atoms with van der Waals surface area (Å²) in [6, 6.07) is 0. The molecule has 1 aliphatic heterocycles. The average molecular weight is 281 g/mol. The van der Waals surface area contributed by atoms with E-state index in [-0.39, 0.29) is 29.3 Å². The number of carbonyl (C=O) groups is 1. The number of hydrogen-bond acceptors (Lipinski definition) is 5. The molecule has 1 heterocycles. The lowest BCUT2D eigenvalue weighted by Gasteiger charge is -2.07. The Hall–Kier alpha value is -0.270. The molecule has 0 bridgehead atoms. The van der Waals surface area contributed by atoms with E-state index in [1.807, 2.05) is 0 Å². The third-order valence-electron chi connectivity index (χ3n) is 2.55. The third kappa shape index (κ3) is 6.28. The zero-order valence-corrected chi connectivity index (χ0v) is 11.4. The van der Waals surface area contributed by atoms with Gasteiger partial charge in [0.15, 0.2) is 9.84 Å². The van der Waals surface area contributed by atoms with E-state index >= 15 is 0 Å². The largest absolute Gasteiger partial charge is 0.396 e. The Balaban J connectivity index is 2.08. The van der Waals surface area contributed by atoms with Crippen molar-refractivity contribution in [3.63, 3.8) is 0 Å². The van der Waals surface area contributed by atoms with Gasteiger partial charge in [-0.3, -0.25) is 4.79 Å². The van der Waals surface area contributed by atoms with Crippen molar-refractivity contribution in [1.82, 2.24) is 5.32 Å². The summed E-state index contributed by atoms with van der Waals surface area (Å²) in [5.74, 6) is 0.717. The molecule has 2 N–H and O–H groups in total. The molecule has 7 heteroatoms. The summed E-state index contributed by atoms with van der Waals surface area (Å²) in [7, 11) is -2.85. The minimum atomic E-state index is -2.85. The Bertz CT molecular complexity index is 342. The van der Waals surface area contributed by atoms with Crippen molar-refractivity contribution in [3.05, 3.63) is 0 Å². The SMILES string of the molecule is O=C(CSC1CCS(=O)(=O)C1)NCCCCO. The topological polar surface area (TPSA) is 83.5 Å². The van der Waals surface area contributed by atoms with Gasteiger partial charge >= 0.3 is 0 Å². The van der Waals surface area contributed by atoms with Crippen LogP contribution in [0.15, 0.2) is 0 Å². The number of aliphatic hydroxyl groups excluding tert-OH is 1. The lowest BCUT2D eigenvalue weighted by atomic mass is 10.3. The Morgan fingerprint density at radius 2 is 2.18 bits per heavy atom. The Labute approximate surface area is 106 Å². The van der Waals surface area contributed by atoms with E-state index in [0.717, 1.165) is 6.42 Å². The standard InChI is InChI=1S/C10H19NO4S2/c12-5-2-1-4-11-10(13)7-16-9-3-6-17(14,15)8-9/h9,12H,1-8H2,(H,11,13). The first-order chi connectivity index (χ1) is 8.03. The molecule has 1 amide bonds. The van der Waals surface area contributed by atoms with Crippen molar-refractivity contribution in [2.75, 3.05) is 30.4 Å². The fraction of sp³-hybridized carbons (Fsp3) is 0.900. The minimum Gasteiger partial charge on any atom is -0.396 e. The van der Waals surface area contributed by atoms with Crippen LogP contribution in [-0.4, -0.2) is 55.1 Å². The van der Waals surface area contributed by atoms with Crippen LogP contribution in [0.4, 0.5) is 0 Å². The van der Waals surface area contributed by atoms with Crippen molar-refractivity contribution < 1.29 is 18.3 Å². The van der Waals surface area contributed by atoms with Gasteiger partial charge in [0.25, 0.3) is 0 Å². The summed E-state index contributed by atoms with van der Waals surface area (Å²) in [5.41, 5.74) is 0. The number of unbranched alkanes of at least 4 members (excludes halogenated alkanes) is 1. The van der Waals surface area contributed by atoms with Crippen molar-refractivity contribution in [3.8, 4) is 0 Å². The molecule has 17 heavy (non-hydrogen) atoms. The van der Waals surface area contributed by atoms with Crippen LogP contribution in [0.25, 0.3) is 0 Å². The van der Waals surface area contributed by atoms with E-state index in [4.69, 9.17) is 5.11 Å². The monoisotopic (exact) mass is 281 g/mol. The molecule has 1 rings (SSSR count). The van der Waals surface area contributed by atoms with E-state index in [1.165, 1.54) is 11.8 Å². The molecule has 0 aromatic carbocycles. The molecule has 1 saturated heterocycles. The maximum absolute atomic E-state index is 11.4. The highest BCUT2D eigenvalue weighted by molar-refractivity contribution is 8.02. The number of aliphatic hydroxyl groups is 1. The summed E-state index contributed by atoms with van der Waals surface area (Å²) >= 11 is 1.42. The second-order valence-electron chi connectivity index (χ2n) is 4.12. The number of hydrogen-bond donors (Lipinski definition) is 2. The molecule has 100 valence electrons. The van der Waals surface area contributed by atoms with E-state index in [2.05, 4.69) is 5.32 Å². The van der Waals surface area contributed by atoms with Crippen LogP contribution in [0, 0.1) is 0 Å². The molecule has 0 aromatic heterocycles. The molecule has 0 aliphatic carbocycles. The molecule has 0 spiro atoms. The second kappa shape index (κ2) is 7.23. The van der Waals surface area contributed by atoms with Gasteiger partial charge in [0, 0.05) is 18.4 Å². The molecule has 0 radical (unpaired) electrons. The van der Waals surface area contributed by atoms with Gasteiger partial charge in [0.2, 0.25) is 5.91 Å². The summed E-state index contributed by atoms with van der Waals surface area (Å²) < 4.78 is 22.4. The first-order valence-electron chi connectivity index (χ1n) is 5.73. The van der Waals surface area contributed by atoms with E-state index in [0.29, 0.717) is 25.1 Å². The molecule has 5 nitrogen and oxygen atoms in total. The highest BCUT2D eigenvalue weighted by atomic mass is 32.2. The fourth-order valence-corrected chi connectivity index (χ4v) is 5.07. The first-order valence-corrected chi connectivity index (χ1v) is 8.60. The van der Waals surface area contributed by atoms with Gasteiger partial charge < -0.3 is 10.4 Å². The van der Waals surface area contributed by atoms with Crippen LogP contribution in [0.2, 0.25) is 0 Å². The fourth-order valence-electron chi connectivity index (χ4n) is 1.60. The highest BCUT2D eigenvalue weighted by Gasteiger charge is 2.28. The Morgan fingerprint density at radius 1 is 1.41 bits per heavy atom. The molecular formula is C10H19NO4S2. The molecule has 0 aromatic rings. The molecule has 1 fully saturated rings. The number of thioether (sulfide) groups is 1. The number of rotatable bonds is 7. The Kier molecular flexibility index (Phi) is 6.29. The zero-order valence-electron chi connectivity index (χ0n) is 9.72. The smallest absolute Gasteiger partial charge is 0.230 e. The van der Waals surface area contributed by atoms with Crippen LogP contribution in [0.3, 0.4) is 0 Å².